The molecule has 0 saturated carbocycles. The average Bonchev–Trinajstić information content (AvgIpc) is 2.59. The molecule has 25 heavy (non-hydrogen) atoms. The van der Waals surface area contributed by atoms with Crippen molar-refractivity contribution in [2.45, 2.75) is 123 Å². The van der Waals surface area contributed by atoms with Gasteiger partial charge in [0.05, 0.1) is 0 Å². The van der Waals surface area contributed by atoms with Gasteiger partial charge in [-0.1, -0.05) is 111 Å². The Balaban J connectivity index is 0. The van der Waals surface area contributed by atoms with Crippen LogP contribution in [-0.4, -0.2) is 43.4 Å². The number of hydrogen-bond donors (Lipinski definition) is 0. The van der Waals surface area contributed by atoms with Gasteiger partial charge in [-0.15, -0.1) is 0 Å². The van der Waals surface area contributed by atoms with E-state index < -0.39 is 0 Å². The summed E-state index contributed by atoms with van der Waals surface area (Å²) in [5.74, 6) is 0. The van der Waals surface area contributed by atoms with Gasteiger partial charge in [0.25, 0.3) is 0 Å². The van der Waals surface area contributed by atoms with Crippen LogP contribution in [0, 0.1) is 6.92 Å². The van der Waals surface area contributed by atoms with Gasteiger partial charge in [0.15, 0.2) is 0 Å². The average molecular weight is 347 g/mol. The van der Waals surface area contributed by atoms with Gasteiger partial charge in [0, 0.05) is 0 Å². The van der Waals surface area contributed by atoms with Crippen LogP contribution in [0.25, 0.3) is 0 Å². The van der Waals surface area contributed by atoms with Gasteiger partial charge in [-0.05, 0) is 38.9 Å². The summed E-state index contributed by atoms with van der Waals surface area (Å²) in [7, 11) is 0. The third kappa shape index (κ3) is 22.5. The third-order valence-electron chi connectivity index (χ3n) is 5.13. The standard InChI is InChI=1S/C23H48N.Li.H/c1-4-7-9-11-13-15-17-19-22-24(21-6-3)23-20-18-16-14-12-10-8-5-2;;/h3-23H2,1-2H3;;. The van der Waals surface area contributed by atoms with Crippen LogP contribution in [0.3, 0.4) is 0 Å². The molecular formula is C23H49LiN. The fourth-order valence-electron chi connectivity index (χ4n) is 3.50. The van der Waals surface area contributed by atoms with E-state index in [4.69, 9.17) is 0 Å². The second-order valence-corrected chi connectivity index (χ2v) is 7.64. The van der Waals surface area contributed by atoms with Crippen molar-refractivity contribution in [2.75, 3.05) is 19.6 Å². The van der Waals surface area contributed by atoms with E-state index in [1.54, 1.807) is 0 Å². The summed E-state index contributed by atoms with van der Waals surface area (Å²) in [5, 5.41) is 0. The Kier molecular flexibility index (Phi) is 27.3. The first-order valence-electron chi connectivity index (χ1n) is 11.4. The number of unbranched alkanes of at least 4 members (excludes halogenated alkanes) is 14. The summed E-state index contributed by atoms with van der Waals surface area (Å²) < 4.78 is 0. The van der Waals surface area contributed by atoms with E-state index in [1.165, 1.54) is 122 Å². The van der Waals surface area contributed by atoms with Crippen molar-refractivity contribution in [3.05, 3.63) is 6.92 Å². The summed E-state index contributed by atoms with van der Waals surface area (Å²) in [6, 6.07) is 0. The molecule has 147 valence electrons. The summed E-state index contributed by atoms with van der Waals surface area (Å²) in [5.41, 5.74) is 0. The van der Waals surface area contributed by atoms with Crippen LogP contribution < -0.4 is 0 Å². The predicted octanol–water partition coefficient (Wildman–Crippen LogP) is 7.15. The van der Waals surface area contributed by atoms with E-state index in [2.05, 4.69) is 25.7 Å². The third-order valence-corrected chi connectivity index (χ3v) is 5.13. The number of nitrogens with zero attached hydrogens (tertiary/aromatic N) is 1. The topological polar surface area (TPSA) is 3.24 Å². The molecule has 0 heterocycles. The van der Waals surface area contributed by atoms with E-state index in [9.17, 15) is 0 Å². The van der Waals surface area contributed by atoms with E-state index in [-0.39, 0.29) is 18.9 Å². The van der Waals surface area contributed by atoms with Crippen LogP contribution in [0.2, 0.25) is 0 Å². The molecule has 0 aromatic rings. The Morgan fingerprint density at radius 1 is 0.480 bits per heavy atom. The van der Waals surface area contributed by atoms with Crippen molar-refractivity contribution in [3.63, 3.8) is 0 Å². The predicted molar refractivity (Wildman–Crippen MR) is 119 cm³/mol. The Labute approximate surface area is 173 Å². The van der Waals surface area contributed by atoms with Crippen molar-refractivity contribution in [2.24, 2.45) is 0 Å². The molecule has 0 amide bonds. The van der Waals surface area contributed by atoms with Crippen LogP contribution in [-0.2, 0) is 0 Å². The fourth-order valence-corrected chi connectivity index (χ4v) is 3.50. The second kappa shape index (κ2) is 24.6. The van der Waals surface area contributed by atoms with E-state index in [0.717, 1.165) is 6.42 Å². The number of rotatable bonds is 20. The van der Waals surface area contributed by atoms with Gasteiger partial charge in [0.2, 0.25) is 0 Å². The molecule has 1 nitrogen and oxygen atoms in total. The van der Waals surface area contributed by atoms with Gasteiger partial charge in [-0.25, -0.2) is 0 Å². The summed E-state index contributed by atoms with van der Waals surface area (Å²) in [4.78, 5) is 2.67. The molecule has 0 aliphatic rings. The van der Waals surface area contributed by atoms with Gasteiger partial charge < -0.3 is 4.90 Å². The van der Waals surface area contributed by atoms with Crippen LogP contribution >= 0.6 is 0 Å². The van der Waals surface area contributed by atoms with Gasteiger partial charge >= 0.3 is 18.9 Å². The maximum atomic E-state index is 4.06. The summed E-state index contributed by atoms with van der Waals surface area (Å²) in [6.07, 6.45) is 23.9. The van der Waals surface area contributed by atoms with Gasteiger partial charge in [-0.2, -0.15) is 0 Å². The second-order valence-electron chi connectivity index (χ2n) is 7.64. The summed E-state index contributed by atoms with van der Waals surface area (Å²) >= 11 is 0. The molecular weight excluding hydrogens is 297 g/mol. The molecule has 0 aliphatic carbocycles. The zero-order valence-corrected chi connectivity index (χ0v) is 17.3. The minimum atomic E-state index is 0. The molecule has 0 bridgehead atoms. The van der Waals surface area contributed by atoms with Crippen molar-refractivity contribution in [3.8, 4) is 0 Å². The molecule has 0 aromatic heterocycles. The van der Waals surface area contributed by atoms with E-state index in [1.807, 2.05) is 0 Å². The number of hydrogen-bond acceptors (Lipinski definition) is 1. The molecule has 0 fully saturated rings. The summed E-state index contributed by atoms with van der Waals surface area (Å²) in [6.45, 7) is 12.5. The molecule has 0 aromatic carbocycles. The van der Waals surface area contributed by atoms with Crippen LogP contribution in [0.1, 0.15) is 123 Å². The first-order chi connectivity index (χ1) is 11.8. The normalized spacial score (nSPS) is 11.0. The monoisotopic (exact) mass is 346 g/mol. The molecule has 0 atom stereocenters. The van der Waals surface area contributed by atoms with Gasteiger partial charge in [-0.3, -0.25) is 0 Å². The maximum absolute atomic E-state index is 4.06. The molecule has 0 aliphatic heterocycles. The van der Waals surface area contributed by atoms with Crippen molar-refractivity contribution >= 4 is 18.9 Å². The van der Waals surface area contributed by atoms with E-state index in [0.29, 0.717) is 0 Å². The Hall–Kier alpha value is 0.557. The molecule has 0 N–H and O–H groups in total. The van der Waals surface area contributed by atoms with Crippen molar-refractivity contribution < 1.29 is 0 Å². The quantitative estimate of drug-likeness (QED) is 0.167. The first-order valence-corrected chi connectivity index (χ1v) is 11.4. The SMILES string of the molecule is [CH2]CCN(CCCCCCCCCC)CCCCCCCCCC.[LiH]. The molecule has 2 heteroatoms. The zero-order valence-electron chi connectivity index (χ0n) is 17.3. The Morgan fingerprint density at radius 3 is 1.12 bits per heavy atom. The van der Waals surface area contributed by atoms with Gasteiger partial charge in [0.1, 0.15) is 0 Å². The molecule has 0 rings (SSSR count). The first kappa shape index (κ1) is 27.8. The minimum absolute atomic E-state index is 0. The van der Waals surface area contributed by atoms with Crippen LogP contribution in [0.5, 0.6) is 0 Å². The zero-order chi connectivity index (χ0) is 17.7. The van der Waals surface area contributed by atoms with E-state index >= 15 is 0 Å². The molecule has 0 spiro atoms. The van der Waals surface area contributed by atoms with Crippen molar-refractivity contribution in [1.82, 2.24) is 4.90 Å². The molecule has 0 saturated heterocycles. The molecule has 1 radical (unpaired) electrons. The van der Waals surface area contributed by atoms with Crippen molar-refractivity contribution in [1.29, 1.82) is 0 Å². The fraction of sp³-hybridized carbons (Fsp3) is 0.957. The Bertz CT molecular complexity index is 200. The molecule has 0 unspecified atom stereocenters. The van der Waals surface area contributed by atoms with Crippen LogP contribution in [0.4, 0.5) is 0 Å². The van der Waals surface area contributed by atoms with Crippen LogP contribution in [0.15, 0.2) is 0 Å². The Morgan fingerprint density at radius 2 is 0.800 bits per heavy atom.